The minimum absolute atomic E-state index is 0.145. The zero-order valence-corrected chi connectivity index (χ0v) is 12.4. The summed E-state index contributed by atoms with van der Waals surface area (Å²) >= 11 is 0. The van der Waals surface area contributed by atoms with Crippen LogP contribution in [-0.4, -0.2) is 25.2 Å². The number of amides is 1. The van der Waals surface area contributed by atoms with Gasteiger partial charge in [0, 0.05) is 19.2 Å². The summed E-state index contributed by atoms with van der Waals surface area (Å²) in [6.45, 7) is 2.08. The van der Waals surface area contributed by atoms with Crippen LogP contribution in [0, 0.1) is 0 Å². The second-order valence-corrected chi connectivity index (χ2v) is 5.33. The molecule has 0 radical (unpaired) electrons. The Kier molecular flexibility index (Phi) is 4.53. The van der Waals surface area contributed by atoms with Crippen LogP contribution in [0.3, 0.4) is 0 Å². The molecule has 1 aliphatic rings. The van der Waals surface area contributed by atoms with Crippen molar-refractivity contribution in [2.45, 2.75) is 19.3 Å². The van der Waals surface area contributed by atoms with Gasteiger partial charge in [0.25, 0.3) is 0 Å². The molecule has 5 heteroatoms. The zero-order chi connectivity index (χ0) is 15.2. The Bertz CT molecular complexity index is 643. The first-order valence-electron chi connectivity index (χ1n) is 7.52. The van der Waals surface area contributed by atoms with Gasteiger partial charge in [-0.2, -0.15) is 5.10 Å². The second-order valence-electron chi connectivity index (χ2n) is 5.33. The summed E-state index contributed by atoms with van der Waals surface area (Å²) in [6, 6.07) is 13.4. The van der Waals surface area contributed by atoms with Crippen LogP contribution in [0.15, 0.2) is 52.0 Å². The van der Waals surface area contributed by atoms with E-state index < -0.39 is 0 Å². The molecule has 1 fully saturated rings. The zero-order valence-electron chi connectivity index (χ0n) is 12.4. The van der Waals surface area contributed by atoms with Crippen molar-refractivity contribution >= 4 is 18.0 Å². The van der Waals surface area contributed by atoms with E-state index in [9.17, 15) is 4.79 Å². The monoisotopic (exact) mass is 297 g/mol. The molecular formula is C17H19N3O2. The van der Waals surface area contributed by atoms with E-state index in [4.69, 9.17) is 4.42 Å². The molecule has 1 aromatic carbocycles. The summed E-state index contributed by atoms with van der Waals surface area (Å²) in [5.74, 6) is 1.37. The Morgan fingerprint density at radius 1 is 1.18 bits per heavy atom. The molecule has 2 heterocycles. The molecule has 0 aliphatic carbocycles. The number of anilines is 1. The van der Waals surface area contributed by atoms with Crippen molar-refractivity contribution in [2.75, 3.05) is 18.0 Å². The van der Waals surface area contributed by atoms with E-state index in [-0.39, 0.29) is 5.91 Å². The highest BCUT2D eigenvalue weighted by Crippen LogP contribution is 2.21. The molecule has 0 atom stereocenters. The molecule has 5 nitrogen and oxygen atoms in total. The van der Waals surface area contributed by atoms with Crippen molar-refractivity contribution in [3.05, 3.63) is 53.8 Å². The summed E-state index contributed by atoms with van der Waals surface area (Å²) in [5, 5.41) is 3.94. The predicted octanol–water partition coefficient (Wildman–Crippen LogP) is 2.57. The van der Waals surface area contributed by atoms with Gasteiger partial charge in [0.15, 0.2) is 5.88 Å². The summed E-state index contributed by atoms with van der Waals surface area (Å²) < 4.78 is 5.69. The molecule has 1 N–H and O–H groups in total. The molecule has 0 saturated carbocycles. The Labute approximate surface area is 129 Å². The third kappa shape index (κ3) is 3.75. The Hall–Kier alpha value is -2.56. The van der Waals surface area contributed by atoms with Gasteiger partial charge in [-0.1, -0.05) is 30.3 Å². The summed E-state index contributed by atoms with van der Waals surface area (Å²) in [5.41, 5.74) is 3.48. The minimum Gasteiger partial charge on any atom is -0.440 e. The van der Waals surface area contributed by atoms with Crippen LogP contribution in [0.4, 0.5) is 5.88 Å². The van der Waals surface area contributed by atoms with Gasteiger partial charge in [0.05, 0.1) is 12.6 Å². The van der Waals surface area contributed by atoms with E-state index in [2.05, 4.69) is 15.4 Å². The molecule has 0 spiro atoms. The standard InChI is InChI=1S/C17H19N3O2/c21-16(12-14-6-2-1-3-7-14)19-18-13-15-8-9-17(22-15)20-10-4-5-11-20/h1-3,6-9,13H,4-5,10-12H2,(H,19,21)/b18-13-. The number of nitrogens with zero attached hydrogens (tertiary/aromatic N) is 2. The number of hydrazone groups is 1. The lowest BCUT2D eigenvalue weighted by Gasteiger charge is -2.12. The maximum Gasteiger partial charge on any atom is 0.244 e. The van der Waals surface area contributed by atoms with E-state index in [1.54, 1.807) is 0 Å². The molecular weight excluding hydrogens is 278 g/mol. The lowest BCUT2D eigenvalue weighted by Crippen LogP contribution is -2.19. The SMILES string of the molecule is O=C(Cc1ccccc1)N/N=C\c1ccc(N2CCCC2)o1. The highest BCUT2D eigenvalue weighted by molar-refractivity contribution is 5.81. The number of carbonyl (C=O) groups excluding carboxylic acids is 1. The lowest BCUT2D eigenvalue weighted by molar-refractivity contribution is -0.120. The fraction of sp³-hybridized carbons (Fsp3) is 0.294. The molecule has 0 bridgehead atoms. The minimum atomic E-state index is -0.145. The fourth-order valence-electron chi connectivity index (χ4n) is 2.51. The van der Waals surface area contributed by atoms with Crippen LogP contribution >= 0.6 is 0 Å². The molecule has 2 aromatic rings. The summed E-state index contributed by atoms with van der Waals surface area (Å²) in [6.07, 6.45) is 4.26. The van der Waals surface area contributed by atoms with Gasteiger partial charge in [0.1, 0.15) is 5.76 Å². The first-order valence-corrected chi connectivity index (χ1v) is 7.52. The van der Waals surface area contributed by atoms with Gasteiger partial charge in [-0.15, -0.1) is 0 Å². The number of carbonyl (C=O) groups is 1. The quantitative estimate of drug-likeness (QED) is 0.681. The lowest BCUT2D eigenvalue weighted by atomic mass is 10.1. The van der Waals surface area contributed by atoms with E-state index in [0.717, 1.165) is 24.5 Å². The van der Waals surface area contributed by atoms with Gasteiger partial charge in [-0.3, -0.25) is 4.79 Å². The Balaban J connectivity index is 1.50. The normalized spacial score (nSPS) is 14.6. The van der Waals surface area contributed by atoms with Gasteiger partial charge in [-0.25, -0.2) is 5.43 Å². The van der Waals surface area contributed by atoms with Crippen molar-refractivity contribution in [1.82, 2.24) is 5.43 Å². The molecule has 3 rings (SSSR count). The molecule has 1 aromatic heterocycles. The summed E-state index contributed by atoms with van der Waals surface area (Å²) in [4.78, 5) is 14.0. The highest BCUT2D eigenvalue weighted by Gasteiger charge is 2.15. The molecule has 1 saturated heterocycles. The third-order valence-corrected chi connectivity index (χ3v) is 3.62. The number of benzene rings is 1. The van der Waals surface area contributed by atoms with Crippen molar-refractivity contribution in [2.24, 2.45) is 5.10 Å². The average molecular weight is 297 g/mol. The van der Waals surface area contributed by atoms with Gasteiger partial charge >= 0.3 is 0 Å². The highest BCUT2D eigenvalue weighted by atomic mass is 16.4. The number of nitrogens with one attached hydrogen (secondary N) is 1. The maximum atomic E-state index is 11.8. The van der Waals surface area contributed by atoms with Gasteiger partial charge < -0.3 is 9.32 Å². The van der Waals surface area contributed by atoms with Crippen molar-refractivity contribution in [3.63, 3.8) is 0 Å². The Morgan fingerprint density at radius 3 is 2.73 bits per heavy atom. The number of hydrogen-bond acceptors (Lipinski definition) is 4. The van der Waals surface area contributed by atoms with Gasteiger partial charge in [0.2, 0.25) is 5.91 Å². The molecule has 114 valence electrons. The van der Waals surface area contributed by atoms with E-state index in [1.165, 1.54) is 19.1 Å². The summed E-state index contributed by atoms with van der Waals surface area (Å²) in [7, 11) is 0. The van der Waals surface area contributed by atoms with E-state index in [0.29, 0.717) is 12.2 Å². The molecule has 22 heavy (non-hydrogen) atoms. The van der Waals surface area contributed by atoms with Crippen LogP contribution in [0.25, 0.3) is 0 Å². The second kappa shape index (κ2) is 6.93. The van der Waals surface area contributed by atoms with Crippen molar-refractivity contribution in [3.8, 4) is 0 Å². The van der Waals surface area contributed by atoms with Crippen LogP contribution in [0.1, 0.15) is 24.2 Å². The van der Waals surface area contributed by atoms with Crippen molar-refractivity contribution in [1.29, 1.82) is 0 Å². The predicted molar refractivity (Wildman–Crippen MR) is 86.0 cm³/mol. The number of rotatable bonds is 5. The van der Waals surface area contributed by atoms with Crippen LogP contribution in [0.5, 0.6) is 0 Å². The van der Waals surface area contributed by atoms with E-state index in [1.807, 2.05) is 42.5 Å². The van der Waals surface area contributed by atoms with Gasteiger partial charge in [-0.05, 0) is 24.5 Å². The maximum absolute atomic E-state index is 11.8. The average Bonchev–Trinajstić information content (AvgIpc) is 3.19. The molecule has 0 unspecified atom stereocenters. The number of furan rings is 1. The molecule has 1 aliphatic heterocycles. The van der Waals surface area contributed by atoms with E-state index >= 15 is 0 Å². The van der Waals surface area contributed by atoms with Crippen LogP contribution in [-0.2, 0) is 11.2 Å². The fourth-order valence-corrected chi connectivity index (χ4v) is 2.51. The first-order chi connectivity index (χ1) is 10.8. The molecule has 1 amide bonds. The topological polar surface area (TPSA) is 57.8 Å². The van der Waals surface area contributed by atoms with Crippen molar-refractivity contribution < 1.29 is 9.21 Å². The smallest absolute Gasteiger partial charge is 0.244 e. The first kappa shape index (κ1) is 14.4. The van der Waals surface area contributed by atoms with Crippen LogP contribution < -0.4 is 10.3 Å². The Morgan fingerprint density at radius 2 is 1.95 bits per heavy atom. The largest absolute Gasteiger partial charge is 0.440 e. The van der Waals surface area contributed by atoms with Crippen LogP contribution in [0.2, 0.25) is 0 Å². The third-order valence-electron chi connectivity index (χ3n) is 3.62. The number of hydrogen-bond donors (Lipinski definition) is 1.